The highest BCUT2D eigenvalue weighted by atomic mass is 16.5. The highest BCUT2D eigenvalue weighted by Crippen LogP contribution is 2.51. The number of hydrogen-bond acceptors (Lipinski definition) is 5. The van der Waals surface area contributed by atoms with E-state index in [9.17, 15) is 0 Å². The Balaban J connectivity index is 1.01. The van der Waals surface area contributed by atoms with Crippen molar-refractivity contribution in [2.45, 2.75) is 0 Å². The molecule has 0 aliphatic carbocycles. The van der Waals surface area contributed by atoms with E-state index in [1.807, 2.05) is 36.4 Å². The van der Waals surface area contributed by atoms with Crippen molar-refractivity contribution in [2.75, 3.05) is 4.90 Å². The topological polar surface area (TPSA) is 51.1 Å². The third kappa shape index (κ3) is 5.94. The largest absolute Gasteiger partial charge is 0.456 e. The number of hydrogen-bond donors (Lipinski definition) is 0. The van der Waals surface area contributed by atoms with Crippen molar-refractivity contribution in [3.63, 3.8) is 0 Å². The molecule has 0 amide bonds. The Kier molecular flexibility index (Phi) is 8.07. The molecule has 0 N–H and O–H groups in total. The number of fused-ring (bicyclic) bond motifs is 3. The molecule has 1 aliphatic heterocycles. The number of aromatic nitrogens is 3. The Hall–Kier alpha value is -7.89. The van der Waals surface area contributed by atoms with Crippen LogP contribution >= 0.6 is 0 Å². The van der Waals surface area contributed by atoms with E-state index >= 15 is 0 Å². The molecule has 0 unspecified atom stereocenters. The maximum absolute atomic E-state index is 6.81. The summed E-state index contributed by atoms with van der Waals surface area (Å²) < 4.78 is 6.81. The van der Waals surface area contributed by atoms with E-state index in [0.29, 0.717) is 17.5 Å². The van der Waals surface area contributed by atoms with Gasteiger partial charge in [-0.15, -0.1) is 0 Å². The van der Waals surface area contributed by atoms with Crippen LogP contribution < -0.4 is 9.64 Å². The molecule has 0 spiro atoms. The molecule has 58 heavy (non-hydrogen) atoms. The molecule has 0 bridgehead atoms. The van der Waals surface area contributed by atoms with E-state index < -0.39 is 0 Å². The first-order valence-electron chi connectivity index (χ1n) is 19.4. The third-order valence-electron chi connectivity index (χ3n) is 10.9. The Labute approximate surface area is 336 Å². The smallest absolute Gasteiger partial charge is 0.164 e. The minimum atomic E-state index is 0.583. The summed E-state index contributed by atoms with van der Waals surface area (Å²) in [6.45, 7) is 0. The molecule has 1 aromatic heterocycles. The van der Waals surface area contributed by atoms with Gasteiger partial charge in [-0.05, 0) is 82.1 Å². The monoisotopic (exact) mass is 742 g/mol. The summed E-state index contributed by atoms with van der Waals surface area (Å²) in [7, 11) is 0. The molecule has 0 radical (unpaired) electrons. The minimum absolute atomic E-state index is 0.583. The van der Waals surface area contributed by atoms with Crippen LogP contribution in [0.15, 0.2) is 206 Å². The molecule has 0 atom stereocenters. The number of rotatable bonds is 7. The van der Waals surface area contributed by atoms with Crippen LogP contribution in [0.25, 0.3) is 78.0 Å². The van der Waals surface area contributed by atoms with E-state index in [-0.39, 0.29) is 0 Å². The first-order chi connectivity index (χ1) is 28.7. The molecule has 5 heteroatoms. The lowest BCUT2D eigenvalue weighted by molar-refractivity contribution is 0.487. The first-order valence-corrected chi connectivity index (χ1v) is 19.4. The zero-order chi connectivity index (χ0) is 38.4. The molecule has 0 saturated carbocycles. The summed E-state index contributed by atoms with van der Waals surface area (Å²) in [5.74, 6) is 3.39. The predicted molar refractivity (Wildman–Crippen MR) is 237 cm³/mol. The van der Waals surface area contributed by atoms with Crippen LogP contribution in [0.2, 0.25) is 0 Å². The van der Waals surface area contributed by atoms with Gasteiger partial charge in [0.2, 0.25) is 0 Å². The average Bonchev–Trinajstić information content (AvgIpc) is 3.30. The number of anilines is 3. The molecule has 0 saturated heterocycles. The molecule has 9 aromatic carbocycles. The lowest BCUT2D eigenvalue weighted by atomic mass is 9.92. The molecule has 2 heterocycles. The Morgan fingerprint density at radius 2 is 0.914 bits per heavy atom. The van der Waals surface area contributed by atoms with E-state index in [2.05, 4.69) is 175 Å². The van der Waals surface area contributed by atoms with Crippen LogP contribution in [0.4, 0.5) is 17.1 Å². The molecule has 1 aliphatic rings. The molecule has 272 valence electrons. The van der Waals surface area contributed by atoms with Gasteiger partial charge in [0.1, 0.15) is 11.5 Å². The Bertz CT molecular complexity index is 3130. The number of benzene rings is 9. The molecule has 5 nitrogen and oxygen atoms in total. The van der Waals surface area contributed by atoms with Crippen molar-refractivity contribution >= 4 is 38.6 Å². The molecule has 0 fully saturated rings. The Morgan fingerprint density at radius 1 is 0.345 bits per heavy atom. The van der Waals surface area contributed by atoms with E-state index in [4.69, 9.17) is 19.7 Å². The molecular formula is C53H34N4O. The summed E-state index contributed by atoms with van der Waals surface area (Å²) in [6.07, 6.45) is 0. The number of ether oxygens (including phenoxy) is 1. The Morgan fingerprint density at radius 3 is 1.66 bits per heavy atom. The van der Waals surface area contributed by atoms with Crippen molar-refractivity contribution in [3.8, 4) is 67.9 Å². The second-order valence-corrected chi connectivity index (χ2v) is 14.4. The standard InChI is InChI=1S/C53H34N4O/c1-4-13-35(14-5-1)37-25-28-43(29-26-37)57(42-19-8-3-9-20-42)47-31-32-48-50-45(21-12-22-46(47)50)44-30-27-41(34-49(44)58-48)53-55-51(38-16-6-2-7-17-38)54-52(56-53)40-24-23-36-15-10-11-18-39(36)33-40/h1-34H. The summed E-state index contributed by atoms with van der Waals surface area (Å²) in [5.41, 5.74) is 10.4. The van der Waals surface area contributed by atoms with Gasteiger partial charge in [0, 0.05) is 44.4 Å². The van der Waals surface area contributed by atoms with Gasteiger partial charge < -0.3 is 9.64 Å². The second-order valence-electron chi connectivity index (χ2n) is 14.4. The van der Waals surface area contributed by atoms with Crippen molar-refractivity contribution in [1.82, 2.24) is 15.0 Å². The van der Waals surface area contributed by atoms with Crippen LogP contribution in [0.5, 0.6) is 11.5 Å². The lowest BCUT2D eigenvalue weighted by Crippen LogP contribution is -2.11. The summed E-state index contributed by atoms with van der Waals surface area (Å²) in [5, 5.41) is 4.48. The zero-order valence-electron chi connectivity index (χ0n) is 31.3. The van der Waals surface area contributed by atoms with E-state index in [1.54, 1.807) is 0 Å². The van der Waals surface area contributed by atoms with Gasteiger partial charge in [-0.2, -0.15) is 0 Å². The van der Waals surface area contributed by atoms with E-state index in [1.165, 1.54) is 16.5 Å². The van der Waals surface area contributed by atoms with Gasteiger partial charge in [-0.3, -0.25) is 0 Å². The maximum atomic E-state index is 6.81. The predicted octanol–water partition coefficient (Wildman–Crippen LogP) is 14.1. The first kappa shape index (κ1) is 33.4. The average molecular weight is 743 g/mol. The third-order valence-corrected chi connectivity index (χ3v) is 10.9. The van der Waals surface area contributed by atoms with Gasteiger partial charge in [0.25, 0.3) is 0 Å². The van der Waals surface area contributed by atoms with E-state index in [0.717, 1.165) is 72.5 Å². The SMILES string of the molecule is c1ccc(-c2ccc(N(c3ccccc3)c3ccc4c5c(cccc35)-c3ccc(-c5nc(-c6ccccc6)nc(-c6ccc7ccccc7c6)n5)cc3O4)cc2)cc1. The van der Waals surface area contributed by atoms with Crippen LogP contribution in [-0.2, 0) is 0 Å². The van der Waals surface area contributed by atoms with Crippen LogP contribution in [0, 0.1) is 0 Å². The lowest BCUT2D eigenvalue weighted by Gasteiger charge is -2.29. The van der Waals surface area contributed by atoms with Gasteiger partial charge in [-0.25, -0.2) is 15.0 Å². The summed E-state index contributed by atoms with van der Waals surface area (Å²) >= 11 is 0. The fourth-order valence-corrected chi connectivity index (χ4v) is 8.07. The normalized spacial score (nSPS) is 11.6. The van der Waals surface area contributed by atoms with Crippen molar-refractivity contribution in [1.29, 1.82) is 0 Å². The molecule has 11 rings (SSSR count). The second kappa shape index (κ2) is 14.0. The number of nitrogens with zero attached hydrogens (tertiary/aromatic N) is 4. The highest BCUT2D eigenvalue weighted by molar-refractivity contribution is 6.11. The molecular weight excluding hydrogens is 709 g/mol. The van der Waals surface area contributed by atoms with Crippen LogP contribution in [0.3, 0.4) is 0 Å². The number of para-hydroxylation sites is 1. The van der Waals surface area contributed by atoms with Crippen LogP contribution in [0.1, 0.15) is 0 Å². The fraction of sp³-hybridized carbons (Fsp3) is 0. The van der Waals surface area contributed by atoms with Crippen molar-refractivity contribution in [3.05, 3.63) is 206 Å². The minimum Gasteiger partial charge on any atom is -0.456 e. The molecule has 10 aromatic rings. The highest BCUT2D eigenvalue weighted by Gasteiger charge is 2.25. The van der Waals surface area contributed by atoms with Gasteiger partial charge >= 0.3 is 0 Å². The summed E-state index contributed by atoms with van der Waals surface area (Å²) in [6, 6.07) is 71.7. The van der Waals surface area contributed by atoms with Gasteiger partial charge in [-0.1, -0.05) is 152 Å². The quantitative estimate of drug-likeness (QED) is 0.163. The fourth-order valence-electron chi connectivity index (χ4n) is 8.07. The van der Waals surface area contributed by atoms with Crippen molar-refractivity contribution < 1.29 is 4.74 Å². The summed E-state index contributed by atoms with van der Waals surface area (Å²) in [4.78, 5) is 17.4. The van der Waals surface area contributed by atoms with Gasteiger partial charge in [0.15, 0.2) is 17.5 Å². The maximum Gasteiger partial charge on any atom is 0.164 e. The van der Waals surface area contributed by atoms with Crippen molar-refractivity contribution in [2.24, 2.45) is 0 Å². The zero-order valence-corrected chi connectivity index (χ0v) is 31.3. The van der Waals surface area contributed by atoms with Gasteiger partial charge in [0.05, 0.1) is 5.69 Å². The van der Waals surface area contributed by atoms with Crippen LogP contribution in [-0.4, -0.2) is 15.0 Å².